The summed E-state index contributed by atoms with van der Waals surface area (Å²) in [5.74, 6) is 1.80. The van der Waals surface area contributed by atoms with E-state index in [2.05, 4.69) is 4.98 Å². The van der Waals surface area contributed by atoms with E-state index >= 15 is 0 Å². The highest BCUT2D eigenvalue weighted by atomic mass is 16.5. The van der Waals surface area contributed by atoms with Gasteiger partial charge in [-0.25, -0.2) is 14.8 Å². The van der Waals surface area contributed by atoms with Crippen molar-refractivity contribution in [2.24, 2.45) is 11.7 Å². The van der Waals surface area contributed by atoms with Crippen LogP contribution in [-0.4, -0.2) is 27.8 Å². The van der Waals surface area contributed by atoms with Crippen LogP contribution in [0, 0.1) is 5.92 Å². The van der Waals surface area contributed by atoms with Gasteiger partial charge < -0.3 is 10.5 Å². The molecule has 1 heterocycles. The van der Waals surface area contributed by atoms with Gasteiger partial charge in [0.2, 0.25) is 5.88 Å². The highest BCUT2D eigenvalue weighted by Crippen LogP contribution is 2.48. The van der Waals surface area contributed by atoms with Crippen LogP contribution in [-0.2, 0) is 0 Å². The Kier molecular flexibility index (Phi) is 3.93. The molecule has 1 saturated carbocycles. The Hall–Kier alpha value is -2.60. The van der Waals surface area contributed by atoms with E-state index in [9.17, 15) is 10.0 Å². The van der Waals surface area contributed by atoms with E-state index in [1.807, 2.05) is 36.4 Å². The number of aromatic nitrogens is 1. The summed E-state index contributed by atoms with van der Waals surface area (Å²) in [5.41, 5.74) is 6.14. The Morgan fingerprint density at radius 3 is 2.95 bits per heavy atom. The quantitative estimate of drug-likeness (QED) is 0.656. The van der Waals surface area contributed by atoms with Crippen molar-refractivity contribution in [3.63, 3.8) is 0 Å². The molecular weight excluding hydrogens is 282 g/mol. The number of urea groups is 1. The lowest BCUT2D eigenvalue weighted by molar-refractivity contribution is -0.0431. The highest BCUT2D eigenvalue weighted by Gasteiger charge is 2.40. The van der Waals surface area contributed by atoms with E-state index in [0.717, 1.165) is 17.7 Å². The standard InChI is InChI=1S/C16H17N3O3/c17-16(20)19(21)10-12-9-14(12)11-4-3-5-13(8-11)22-15-6-1-2-7-18-15/h1-8,12,14,21H,9-10H2,(H2,17,20). The average molecular weight is 299 g/mol. The monoisotopic (exact) mass is 299 g/mol. The lowest BCUT2D eigenvalue weighted by atomic mass is 10.1. The van der Waals surface area contributed by atoms with Crippen LogP contribution >= 0.6 is 0 Å². The number of nitrogens with two attached hydrogens (primary N) is 1. The molecule has 1 aromatic heterocycles. The lowest BCUT2D eigenvalue weighted by Crippen LogP contribution is -2.34. The third-order valence-electron chi connectivity index (χ3n) is 3.73. The molecule has 1 aliphatic rings. The normalized spacial score (nSPS) is 19.5. The summed E-state index contributed by atoms with van der Waals surface area (Å²) < 4.78 is 5.71. The molecule has 22 heavy (non-hydrogen) atoms. The van der Waals surface area contributed by atoms with Crippen LogP contribution in [0.15, 0.2) is 48.7 Å². The second kappa shape index (κ2) is 6.03. The molecule has 6 heteroatoms. The van der Waals surface area contributed by atoms with Gasteiger partial charge >= 0.3 is 6.03 Å². The molecule has 0 bridgehead atoms. The minimum absolute atomic E-state index is 0.225. The van der Waals surface area contributed by atoms with E-state index in [1.165, 1.54) is 0 Å². The SMILES string of the molecule is NC(=O)N(O)CC1CC1c1cccc(Oc2ccccn2)c1. The van der Waals surface area contributed by atoms with Gasteiger partial charge in [-0.15, -0.1) is 0 Å². The van der Waals surface area contributed by atoms with Gasteiger partial charge in [0, 0.05) is 12.3 Å². The molecular formula is C16H17N3O3. The number of hydrogen-bond donors (Lipinski definition) is 2. The summed E-state index contributed by atoms with van der Waals surface area (Å²) in [6.45, 7) is 0.255. The largest absolute Gasteiger partial charge is 0.439 e. The highest BCUT2D eigenvalue weighted by molar-refractivity contribution is 5.70. The molecule has 1 aliphatic carbocycles. The molecule has 3 rings (SSSR count). The maximum absolute atomic E-state index is 10.8. The third kappa shape index (κ3) is 3.35. The fraction of sp³-hybridized carbons (Fsp3) is 0.250. The zero-order valence-electron chi connectivity index (χ0n) is 11.9. The number of rotatable bonds is 5. The van der Waals surface area contributed by atoms with Crippen LogP contribution in [0.3, 0.4) is 0 Å². The van der Waals surface area contributed by atoms with Crippen molar-refractivity contribution in [3.8, 4) is 11.6 Å². The summed E-state index contributed by atoms with van der Waals surface area (Å²) in [6.07, 6.45) is 2.59. The number of hydroxylamine groups is 2. The molecule has 6 nitrogen and oxygen atoms in total. The number of pyridine rings is 1. The topological polar surface area (TPSA) is 88.7 Å². The van der Waals surface area contributed by atoms with Gasteiger partial charge in [-0.05, 0) is 42.0 Å². The first kappa shape index (κ1) is 14.3. The van der Waals surface area contributed by atoms with Crippen LogP contribution in [0.5, 0.6) is 11.6 Å². The predicted octanol–water partition coefficient (Wildman–Crippen LogP) is 2.75. The number of benzene rings is 1. The number of amides is 2. The maximum atomic E-state index is 10.8. The molecule has 114 valence electrons. The number of primary amides is 1. The fourth-order valence-corrected chi connectivity index (χ4v) is 2.51. The van der Waals surface area contributed by atoms with Gasteiger partial charge in [0.15, 0.2) is 0 Å². The zero-order valence-corrected chi connectivity index (χ0v) is 11.9. The van der Waals surface area contributed by atoms with Crippen molar-refractivity contribution in [1.82, 2.24) is 10.0 Å². The van der Waals surface area contributed by atoms with Crippen LogP contribution in [0.2, 0.25) is 0 Å². The van der Waals surface area contributed by atoms with E-state index in [0.29, 0.717) is 16.9 Å². The van der Waals surface area contributed by atoms with E-state index < -0.39 is 6.03 Å². The fourth-order valence-electron chi connectivity index (χ4n) is 2.51. The molecule has 0 spiro atoms. The summed E-state index contributed by atoms with van der Waals surface area (Å²) in [4.78, 5) is 15.0. The van der Waals surface area contributed by atoms with Crippen LogP contribution in [0.1, 0.15) is 17.9 Å². The van der Waals surface area contributed by atoms with Crippen molar-refractivity contribution >= 4 is 6.03 Å². The first-order valence-corrected chi connectivity index (χ1v) is 7.08. The Morgan fingerprint density at radius 1 is 1.36 bits per heavy atom. The zero-order chi connectivity index (χ0) is 15.5. The molecule has 0 aliphatic heterocycles. The number of ether oxygens (including phenoxy) is 1. The van der Waals surface area contributed by atoms with Crippen molar-refractivity contribution in [1.29, 1.82) is 0 Å². The maximum Gasteiger partial charge on any atom is 0.338 e. The summed E-state index contributed by atoms with van der Waals surface area (Å²) in [5, 5.41) is 9.95. The molecule has 1 aromatic carbocycles. The van der Waals surface area contributed by atoms with Crippen LogP contribution in [0.4, 0.5) is 4.79 Å². The van der Waals surface area contributed by atoms with E-state index in [4.69, 9.17) is 10.5 Å². The Bertz CT molecular complexity index is 663. The Labute approximate surface area is 128 Å². The molecule has 0 saturated heterocycles. The number of nitrogens with zero attached hydrogens (tertiary/aromatic N) is 2. The average Bonchev–Trinajstić information content (AvgIpc) is 3.28. The molecule has 2 amide bonds. The molecule has 0 radical (unpaired) electrons. The molecule has 2 unspecified atom stereocenters. The van der Waals surface area contributed by atoms with E-state index in [-0.39, 0.29) is 12.5 Å². The smallest absolute Gasteiger partial charge is 0.338 e. The van der Waals surface area contributed by atoms with Gasteiger partial charge in [-0.1, -0.05) is 18.2 Å². The number of hydrogen-bond acceptors (Lipinski definition) is 4. The lowest BCUT2D eigenvalue weighted by Gasteiger charge is -2.11. The minimum atomic E-state index is -0.821. The van der Waals surface area contributed by atoms with E-state index in [1.54, 1.807) is 12.3 Å². The molecule has 2 aromatic rings. The second-order valence-electron chi connectivity index (χ2n) is 5.37. The Balaban J connectivity index is 1.64. The third-order valence-corrected chi connectivity index (χ3v) is 3.73. The van der Waals surface area contributed by atoms with Gasteiger partial charge in [0.05, 0.1) is 6.54 Å². The molecule has 1 fully saturated rings. The minimum Gasteiger partial charge on any atom is -0.439 e. The van der Waals surface area contributed by atoms with Crippen LogP contribution in [0.25, 0.3) is 0 Å². The van der Waals surface area contributed by atoms with Gasteiger partial charge in [-0.3, -0.25) is 5.21 Å². The van der Waals surface area contributed by atoms with Gasteiger partial charge in [0.25, 0.3) is 0 Å². The Morgan fingerprint density at radius 2 is 2.23 bits per heavy atom. The van der Waals surface area contributed by atoms with Gasteiger partial charge in [-0.2, -0.15) is 0 Å². The van der Waals surface area contributed by atoms with Crippen molar-refractivity contribution in [3.05, 3.63) is 54.2 Å². The van der Waals surface area contributed by atoms with Crippen molar-refractivity contribution in [2.75, 3.05) is 6.54 Å². The van der Waals surface area contributed by atoms with Crippen molar-refractivity contribution < 1.29 is 14.7 Å². The van der Waals surface area contributed by atoms with Gasteiger partial charge in [0.1, 0.15) is 5.75 Å². The first-order chi connectivity index (χ1) is 10.6. The summed E-state index contributed by atoms with van der Waals surface area (Å²) >= 11 is 0. The van der Waals surface area contributed by atoms with Crippen LogP contribution < -0.4 is 10.5 Å². The van der Waals surface area contributed by atoms with Crippen molar-refractivity contribution in [2.45, 2.75) is 12.3 Å². The molecule has 2 atom stereocenters. The molecule has 3 N–H and O–H groups in total. The number of carbonyl (C=O) groups excluding carboxylic acids is 1. The predicted molar refractivity (Wildman–Crippen MR) is 79.7 cm³/mol. The summed E-state index contributed by atoms with van der Waals surface area (Å²) in [6, 6.07) is 12.4. The first-order valence-electron chi connectivity index (χ1n) is 7.08. The summed E-state index contributed by atoms with van der Waals surface area (Å²) in [7, 11) is 0. The second-order valence-corrected chi connectivity index (χ2v) is 5.37. The number of carbonyl (C=O) groups is 1.